The second-order valence-corrected chi connectivity index (χ2v) is 6.67. The third kappa shape index (κ3) is 4.02. The molecule has 1 aromatic rings. The predicted octanol–water partition coefficient (Wildman–Crippen LogP) is 3.22. The summed E-state index contributed by atoms with van der Waals surface area (Å²) in [5, 5.41) is 12.4. The van der Waals surface area contributed by atoms with Gasteiger partial charge in [-0.1, -0.05) is 12.1 Å². The number of benzene rings is 1. The lowest BCUT2D eigenvalue weighted by Gasteiger charge is -2.36. The monoisotopic (exact) mass is 320 g/mol. The van der Waals surface area contributed by atoms with E-state index in [0.717, 1.165) is 44.2 Å². The zero-order valence-corrected chi connectivity index (χ0v) is 13.4. The van der Waals surface area contributed by atoms with Crippen molar-refractivity contribution in [3.63, 3.8) is 0 Å². The van der Waals surface area contributed by atoms with Crippen LogP contribution in [0.2, 0.25) is 0 Å². The predicted molar refractivity (Wildman–Crippen MR) is 86.4 cm³/mol. The molecular formula is C18H25FN2O2. The Morgan fingerprint density at radius 1 is 1.26 bits per heavy atom. The standard InChI is InChI=1S/C18H25FN2O2/c19-15-8-6-14(7-9-15)17(13-4-5-13)20-18(23)21-11-2-1-3-16(21)10-12-22/h6-9,13,16-17,22H,1-5,10-12H2,(H,20,23). The number of nitrogens with one attached hydrogen (secondary N) is 1. The van der Waals surface area contributed by atoms with Crippen molar-refractivity contribution in [3.05, 3.63) is 35.6 Å². The molecule has 4 nitrogen and oxygen atoms in total. The van der Waals surface area contributed by atoms with E-state index in [1.54, 1.807) is 12.1 Å². The number of piperidine rings is 1. The molecule has 2 amide bonds. The summed E-state index contributed by atoms with van der Waals surface area (Å²) in [4.78, 5) is 14.6. The van der Waals surface area contributed by atoms with Crippen molar-refractivity contribution in [1.82, 2.24) is 10.2 Å². The second-order valence-electron chi connectivity index (χ2n) is 6.67. The largest absolute Gasteiger partial charge is 0.396 e. The second kappa shape index (κ2) is 7.30. The summed E-state index contributed by atoms with van der Waals surface area (Å²) < 4.78 is 13.1. The summed E-state index contributed by atoms with van der Waals surface area (Å²) in [6, 6.07) is 6.46. The molecule has 1 aliphatic heterocycles. The zero-order valence-electron chi connectivity index (χ0n) is 13.4. The van der Waals surface area contributed by atoms with E-state index in [-0.39, 0.29) is 30.5 Å². The van der Waals surface area contributed by atoms with E-state index in [9.17, 15) is 14.3 Å². The van der Waals surface area contributed by atoms with Gasteiger partial charge in [0.05, 0.1) is 6.04 Å². The molecule has 0 radical (unpaired) electrons. The average Bonchev–Trinajstić information content (AvgIpc) is 3.39. The van der Waals surface area contributed by atoms with Gasteiger partial charge < -0.3 is 15.3 Å². The molecule has 1 aromatic carbocycles. The Morgan fingerprint density at radius 2 is 2.00 bits per heavy atom. The maximum absolute atomic E-state index is 13.1. The number of urea groups is 1. The molecule has 1 saturated heterocycles. The SMILES string of the molecule is O=C(NC(c1ccc(F)cc1)C1CC1)N1CCCCC1CCO. The van der Waals surface area contributed by atoms with Crippen LogP contribution in [0.15, 0.2) is 24.3 Å². The van der Waals surface area contributed by atoms with E-state index in [4.69, 9.17) is 0 Å². The van der Waals surface area contributed by atoms with Crippen LogP contribution in [0.1, 0.15) is 50.1 Å². The highest BCUT2D eigenvalue weighted by Crippen LogP contribution is 2.41. The number of carbonyl (C=O) groups is 1. The highest BCUT2D eigenvalue weighted by Gasteiger charge is 2.35. The first-order chi connectivity index (χ1) is 11.2. The molecule has 2 N–H and O–H groups in total. The minimum absolute atomic E-state index is 0.0418. The molecule has 1 saturated carbocycles. The fraction of sp³-hybridized carbons (Fsp3) is 0.611. The van der Waals surface area contributed by atoms with E-state index in [1.807, 2.05) is 4.90 Å². The number of aliphatic hydroxyl groups is 1. The number of amides is 2. The summed E-state index contributed by atoms with van der Waals surface area (Å²) in [6.45, 7) is 0.857. The highest BCUT2D eigenvalue weighted by molar-refractivity contribution is 5.75. The summed E-state index contributed by atoms with van der Waals surface area (Å²) >= 11 is 0. The van der Waals surface area contributed by atoms with Crippen LogP contribution in [0.5, 0.6) is 0 Å². The zero-order chi connectivity index (χ0) is 16.2. The Kier molecular flexibility index (Phi) is 5.16. The van der Waals surface area contributed by atoms with Gasteiger partial charge in [0.25, 0.3) is 0 Å². The number of likely N-dealkylation sites (tertiary alicyclic amines) is 1. The fourth-order valence-corrected chi connectivity index (χ4v) is 3.51. The molecule has 2 fully saturated rings. The lowest BCUT2D eigenvalue weighted by molar-refractivity contribution is 0.128. The number of nitrogens with zero attached hydrogens (tertiary/aromatic N) is 1. The number of hydrogen-bond donors (Lipinski definition) is 2. The van der Waals surface area contributed by atoms with Crippen molar-refractivity contribution in [1.29, 1.82) is 0 Å². The Hall–Kier alpha value is -1.62. The number of rotatable bonds is 5. The molecule has 2 atom stereocenters. The van der Waals surface area contributed by atoms with Gasteiger partial charge >= 0.3 is 6.03 Å². The minimum Gasteiger partial charge on any atom is -0.396 e. The van der Waals surface area contributed by atoms with Crippen molar-refractivity contribution in [2.75, 3.05) is 13.2 Å². The Balaban J connectivity index is 1.69. The molecular weight excluding hydrogens is 295 g/mol. The molecule has 3 rings (SSSR count). The van der Waals surface area contributed by atoms with Gasteiger partial charge in [-0.05, 0) is 62.1 Å². The number of aliphatic hydroxyl groups excluding tert-OH is 1. The van der Waals surface area contributed by atoms with Crippen LogP contribution in [0.3, 0.4) is 0 Å². The minimum atomic E-state index is -0.256. The average molecular weight is 320 g/mol. The summed E-state index contributed by atoms with van der Waals surface area (Å²) in [5.41, 5.74) is 0.970. The van der Waals surface area contributed by atoms with E-state index in [2.05, 4.69) is 5.32 Å². The molecule has 0 spiro atoms. The Morgan fingerprint density at radius 3 is 2.65 bits per heavy atom. The van der Waals surface area contributed by atoms with Gasteiger partial charge in [0.1, 0.15) is 5.82 Å². The summed E-state index contributed by atoms with van der Waals surface area (Å²) in [5.74, 6) is 0.194. The smallest absolute Gasteiger partial charge is 0.318 e. The van der Waals surface area contributed by atoms with Crippen LogP contribution in [-0.2, 0) is 0 Å². The van der Waals surface area contributed by atoms with E-state index < -0.39 is 0 Å². The maximum Gasteiger partial charge on any atom is 0.318 e. The molecule has 1 aliphatic carbocycles. The van der Waals surface area contributed by atoms with Crippen molar-refractivity contribution in [2.45, 2.75) is 50.6 Å². The first-order valence-electron chi connectivity index (χ1n) is 8.62. The van der Waals surface area contributed by atoms with Crippen LogP contribution in [-0.4, -0.2) is 35.2 Å². The highest BCUT2D eigenvalue weighted by atomic mass is 19.1. The van der Waals surface area contributed by atoms with Crippen molar-refractivity contribution in [3.8, 4) is 0 Å². The van der Waals surface area contributed by atoms with Crippen LogP contribution < -0.4 is 5.32 Å². The molecule has 0 aromatic heterocycles. The molecule has 2 aliphatic rings. The van der Waals surface area contributed by atoms with E-state index >= 15 is 0 Å². The van der Waals surface area contributed by atoms with Gasteiger partial charge in [-0.2, -0.15) is 0 Å². The topological polar surface area (TPSA) is 52.6 Å². The van der Waals surface area contributed by atoms with E-state index in [0.29, 0.717) is 12.3 Å². The normalized spacial score (nSPS) is 22.7. The van der Waals surface area contributed by atoms with Gasteiger partial charge in [-0.25, -0.2) is 9.18 Å². The molecule has 5 heteroatoms. The van der Waals surface area contributed by atoms with Crippen molar-refractivity contribution >= 4 is 6.03 Å². The quantitative estimate of drug-likeness (QED) is 0.875. The van der Waals surface area contributed by atoms with Crippen molar-refractivity contribution < 1.29 is 14.3 Å². The molecule has 23 heavy (non-hydrogen) atoms. The van der Waals surface area contributed by atoms with Crippen LogP contribution >= 0.6 is 0 Å². The van der Waals surface area contributed by atoms with Crippen molar-refractivity contribution in [2.24, 2.45) is 5.92 Å². The van der Waals surface area contributed by atoms with Gasteiger partial charge in [-0.15, -0.1) is 0 Å². The van der Waals surface area contributed by atoms with Crippen LogP contribution in [0, 0.1) is 11.7 Å². The number of carbonyl (C=O) groups excluding carboxylic acids is 1. The lowest BCUT2D eigenvalue weighted by Crippen LogP contribution is -2.50. The third-order valence-corrected chi connectivity index (χ3v) is 4.95. The van der Waals surface area contributed by atoms with Gasteiger partial charge in [0, 0.05) is 19.2 Å². The molecule has 2 unspecified atom stereocenters. The third-order valence-electron chi connectivity index (χ3n) is 4.95. The lowest BCUT2D eigenvalue weighted by atomic mass is 9.99. The number of halogens is 1. The summed E-state index contributed by atoms with van der Waals surface area (Å²) in [7, 11) is 0. The van der Waals surface area contributed by atoms with Gasteiger partial charge in [0.2, 0.25) is 0 Å². The first-order valence-corrected chi connectivity index (χ1v) is 8.62. The Bertz CT molecular complexity index is 528. The molecule has 0 bridgehead atoms. The first kappa shape index (κ1) is 16.2. The molecule has 126 valence electrons. The van der Waals surface area contributed by atoms with Gasteiger partial charge in [0.15, 0.2) is 0 Å². The van der Waals surface area contributed by atoms with Gasteiger partial charge in [-0.3, -0.25) is 0 Å². The maximum atomic E-state index is 13.1. The molecule has 1 heterocycles. The van der Waals surface area contributed by atoms with Crippen LogP contribution in [0.25, 0.3) is 0 Å². The Labute approximate surface area is 136 Å². The van der Waals surface area contributed by atoms with E-state index in [1.165, 1.54) is 12.1 Å². The summed E-state index contributed by atoms with van der Waals surface area (Å²) in [6.07, 6.45) is 5.92. The van der Waals surface area contributed by atoms with Crippen LogP contribution in [0.4, 0.5) is 9.18 Å². The number of hydrogen-bond acceptors (Lipinski definition) is 2. The fourth-order valence-electron chi connectivity index (χ4n) is 3.51.